The van der Waals surface area contributed by atoms with Crippen LogP contribution in [0.5, 0.6) is 17.2 Å². The molecule has 1 heterocycles. The third-order valence-corrected chi connectivity index (χ3v) is 7.04. The lowest BCUT2D eigenvalue weighted by Crippen LogP contribution is -2.38. The Balaban J connectivity index is 1.51. The Morgan fingerprint density at radius 3 is 2.45 bits per heavy atom. The fraction of sp³-hybridized carbons (Fsp3) is 0.409. The van der Waals surface area contributed by atoms with Crippen LogP contribution in [0.3, 0.4) is 0 Å². The Kier molecular flexibility index (Phi) is 8.28. The highest BCUT2D eigenvalue weighted by Gasteiger charge is 2.26. The van der Waals surface area contributed by atoms with Crippen molar-refractivity contribution in [2.75, 3.05) is 45.9 Å². The number of carbonyl (C=O) groups excluding carboxylic acids is 1. The van der Waals surface area contributed by atoms with Gasteiger partial charge >= 0.3 is 0 Å². The van der Waals surface area contributed by atoms with Gasteiger partial charge in [0.05, 0.1) is 31.9 Å². The molecule has 0 spiro atoms. The maximum Gasteiger partial charge on any atom is 0.240 e. The maximum atomic E-state index is 12.5. The summed E-state index contributed by atoms with van der Waals surface area (Å²) in [7, 11) is 0.704. The van der Waals surface area contributed by atoms with Crippen LogP contribution < -0.4 is 29.1 Å². The van der Waals surface area contributed by atoms with Crippen LogP contribution >= 0.6 is 11.6 Å². The summed E-state index contributed by atoms with van der Waals surface area (Å²) >= 11 is 6.12. The third kappa shape index (κ3) is 6.21. The second-order valence-corrected chi connectivity index (χ2v) is 9.68. The van der Waals surface area contributed by atoms with Gasteiger partial charge in [-0.3, -0.25) is 4.79 Å². The number of carbonyl (C=O) groups is 1. The van der Waals surface area contributed by atoms with Crippen LogP contribution in [-0.4, -0.2) is 61.3 Å². The number of benzene rings is 2. The molecule has 1 atom stereocenters. The van der Waals surface area contributed by atoms with Crippen LogP contribution in [0.2, 0.25) is 5.02 Å². The fourth-order valence-electron chi connectivity index (χ4n) is 3.67. The van der Waals surface area contributed by atoms with Crippen LogP contribution in [0.15, 0.2) is 41.3 Å². The van der Waals surface area contributed by atoms with Gasteiger partial charge in [0.1, 0.15) is 5.75 Å². The number of halogens is 1. The summed E-state index contributed by atoms with van der Waals surface area (Å²) in [5.41, 5.74) is 0.879. The standard InChI is InChI=1S/C22H28ClN3O6S/c1-30-19-6-4-15(23)12-18(19)26-11-9-16(14-26)25-22(27)8-10-24-33(28,29)17-5-7-20(31-2)21(13-17)32-3/h4-7,12-13,16,24H,8-11,14H2,1-3H3,(H,25,27). The topological polar surface area (TPSA) is 106 Å². The molecule has 3 rings (SSSR count). The van der Waals surface area contributed by atoms with Gasteiger partial charge in [-0.25, -0.2) is 13.1 Å². The van der Waals surface area contributed by atoms with Crippen molar-refractivity contribution in [2.24, 2.45) is 0 Å². The first-order valence-electron chi connectivity index (χ1n) is 10.4. The van der Waals surface area contributed by atoms with Crippen molar-refractivity contribution in [1.29, 1.82) is 0 Å². The smallest absolute Gasteiger partial charge is 0.240 e. The van der Waals surface area contributed by atoms with E-state index in [-0.39, 0.29) is 29.8 Å². The molecule has 1 unspecified atom stereocenters. The van der Waals surface area contributed by atoms with E-state index in [4.69, 9.17) is 25.8 Å². The number of anilines is 1. The van der Waals surface area contributed by atoms with Gasteiger partial charge in [0.15, 0.2) is 11.5 Å². The molecule has 1 fully saturated rings. The molecule has 0 radical (unpaired) electrons. The molecule has 0 aliphatic carbocycles. The van der Waals surface area contributed by atoms with Gasteiger partial charge in [0, 0.05) is 43.2 Å². The monoisotopic (exact) mass is 497 g/mol. The molecule has 0 saturated carbocycles. The first-order chi connectivity index (χ1) is 15.8. The molecule has 1 amide bonds. The third-order valence-electron chi connectivity index (χ3n) is 5.34. The van der Waals surface area contributed by atoms with Crippen molar-refractivity contribution in [2.45, 2.75) is 23.8 Å². The highest BCUT2D eigenvalue weighted by molar-refractivity contribution is 7.89. The van der Waals surface area contributed by atoms with Crippen LogP contribution in [0, 0.1) is 0 Å². The van der Waals surface area contributed by atoms with E-state index in [1.54, 1.807) is 13.2 Å². The predicted molar refractivity (Wildman–Crippen MR) is 126 cm³/mol. The summed E-state index contributed by atoms with van der Waals surface area (Å²) in [4.78, 5) is 14.5. The van der Waals surface area contributed by atoms with Gasteiger partial charge in [0.2, 0.25) is 15.9 Å². The van der Waals surface area contributed by atoms with Crippen molar-refractivity contribution in [3.63, 3.8) is 0 Å². The number of hydrogen-bond acceptors (Lipinski definition) is 7. The average molecular weight is 498 g/mol. The van der Waals surface area contributed by atoms with Crippen LogP contribution in [0.1, 0.15) is 12.8 Å². The Hall–Kier alpha value is -2.69. The second-order valence-electron chi connectivity index (χ2n) is 7.48. The number of amides is 1. The van der Waals surface area contributed by atoms with Crippen LogP contribution in [0.25, 0.3) is 0 Å². The molecule has 9 nitrogen and oxygen atoms in total. The molecular formula is C22H28ClN3O6S. The number of methoxy groups -OCH3 is 3. The van der Waals surface area contributed by atoms with E-state index >= 15 is 0 Å². The van der Waals surface area contributed by atoms with E-state index < -0.39 is 10.0 Å². The largest absolute Gasteiger partial charge is 0.495 e. The summed E-state index contributed by atoms with van der Waals surface area (Å²) in [6.07, 6.45) is 0.780. The summed E-state index contributed by atoms with van der Waals surface area (Å²) in [5, 5.41) is 3.58. The highest BCUT2D eigenvalue weighted by atomic mass is 35.5. The molecule has 11 heteroatoms. The molecule has 180 valence electrons. The predicted octanol–water partition coefficient (Wildman–Crippen LogP) is 2.43. The first kappa shape index (κ1) is 24.9. The highest BCUT2D eigenvalue weighted by Crippen LogP contribution is 2.33. The minimum Gasteiger partial charge on any atom is -0.495 e. The normalized spacial score (nSPS) is 15.9. The lowest BCUT2D eigenvalue weighted by molar-refractivity contribution is -0.121. The zero-order chi connectivity index (χ0) is 24.0. The fourth-order valence-corrected chi connectivity index (χ4v) is 4.89. The summed E-state index contributed by atoms with van der Waals surface area (Å²) < 4.78 is 43.2. The Labute approximate surface area is 199 Å². The number of sulfonamides is 1. The summed E-state index contributed by atoms with van der Waals surface area (Å²) in [5.74, 6) is 1.22. The average Bonchev–Trinajstić information content (AvgIpc) is 3.26. The molecular weight excluding hydrogens is 470 g/mol. The van der Waals surface area contributed by atoms with E-state index in [9.17, 15) is 13.2 Å². The SMILES string of the molecule is COc1ccc(S(=O)(=O)NCCC(=O)NC2CCN(c3cc(Cl)ccc3OC)C2)cc1OC. The lowest BCUT2D eigenvalue weighted by Gasteiger charge is -2.21. The van der Waals surface area contributed by atoms with E-state index in [0.29, 0.717) is 23.1 Å². The summed E-state index contributed by atoms with van der Waals surface area (Å²) in [6.45, 7) is 1.33. The number of rotatable bonds is 10. The molecule has 2 aromatic carbocycles. The van der Waals surface area contributed by atoms with E-state index in [1.807, 2.05) is 12.1 Å². The number of hydrogen-bond donors (Lipinski definition) is 2. The van der Waals surface area contributed by atoms with Crippen molar-refractivity contribution < 1.29 is 27.4 Å². The number of nitrogens with one attached hydrogen (secondary N) is 2. The van der Waals surface area contributed by atoms with Crippen LogP contribution in [-0.2, 0) is 14.8 Å². The molecule has 2 N–H and O–H groups in total. The second kappa shape index (κ2) is 11.0. The molecule has 1 aliphatic rings. The molecule has 0 aromatic heterocycles. The Bertz CT molecular complexity index is 1100. The molecule has 33 heavy (non-hydrogen) atoms. The Morgan fingerprint density at radius 2 is 1.76 bits per heavy atom. The quantitative estimate of drug-likeness (QED) is 0.519. The van der Waals surface area contributed by atoms with Crippen LogP contribution in [0.4, 0.5) is 5.69 Å². The van der Waals surface area contributed by atoms with Gasteiger partial charge in [-0.05, 0) is 36.8 Å². The van der Waals surface area contributed by atoms with Crippen molar-refractivity contribution >= 4 is 33.2 Å². The van der Waals surface area contributed by atoms with Gasteiger partial charge in [0.25, 0.3) is 0 Å². The Morgan fingerprint density at radius 1 is 1.06 bits per heavy atom. The zero-order valence-electron chi connectivity index (χ0n) is 18.8. The van der Waals surface area contributed by atoms with Crippen molar-refractivity contribution in [3.05, 3.63) is 41.4 Å². The van der Waals surface area contributed by atoms with Gasteiger partial charge < -0.3 is 24.4 Å². The lowest BCUT2D eigenvalue weighted by atomic mass is 10.2. The van der Waals surface area contributed by atoms with E-state index in [1.165, 1.54) is 32.4 Å². The van der Waals surface area contributed by atoms with E-state index in [2.05, 4.69) is 14.9 Å². The summed E-state index contributed by atoms with van der Waals surface area (Å²) in [6, 6.07) is 9.67. The van der Waals surface area contributed by atoms with Gasteiger partial charge in [-0.15, -0.1) is 0 Å². The zero-order valence-corrected chi connectivity index (χ0v) is 20.3. The van der Waals surface area contributed by atoms with Crippen molar-refractivity contribution in [1.82, 2.24) is 10.0 Å². The minimum absolute atomic E-state index is 0.0174. The van der Waals surface area contributed by atoms with Gasteiger partial charge in [-0.1, -0.05) is 11.6 Å². The molecule has 0 bridgehead atoms. The minimum atomic E-state index is -3.80. The van der Waals surface area contributed by atoms with E-state index in [0.717, 1.165) is 24.4 Å². The first-order valence-corrected chi connectivity index (χ1v) is 12.2. The molecule has 2 aromatic rings. The van der Waals surface area contributed by atoms with Crippen molar-refractivity contribution in [3.8, 4) is 17.2 Å². The van der Waals surface area contributed by atoms with Gasteiger partial charge in [-0.2, -0.15) is 0 Å². The molecule has 1 saturated heterocycles. The molecule has 1 aliphatic heterocycles. The number of ether oxygens (including phenoxy) is 3. The number of nitrogens with zero attached hydrogens (tertiary/aromatic N) is 1. The maximum absolute atomic E-state index is 12.5.